The largest absolute Gasteiger partial charge is 0.494 e. The van der Waals surface area contributed by atoms with Crippen LogP contribution in [0, 0.1) is 6.92 Å². The summed E-state index contributed by atoms with van der Waals surface area (Å²) in [7, 11) is 0. The number of fused-ring (bicyclic) bond motifs is 1. The fourth-order valence-corrected chi connectivity index (χ4v) is 3.75. The van der Waals surface area contributed by atoms with Gasteiger partial charge in [-0.15, -0.1) is 0 Å². The maximum Gasteiger partial charge on any atom is 0.240 e. The lowest BCUT2D eigenvalue weighted by atomic mass is 10.1. The predicted octanol–water partition coefficient (Wildman–Crippen LogP) is 3.31. The summed E-state index contributed by atoms with van der Waals surface area (Å²) in [6.07, 6.45) is 0.322. The van der Waals surface area contributed by atoms with Crippen molar-refractivity contribution in [3.8, 4) is 17.0 Å². The number of aryl methyl sites for hydroxylation is 2. The molecule has 0 unspecified atom stereocenters. The van der Waals surface area contributed by atoms with Crippen molar-refractivity contribution in [3.63, 3.8) is 0 Å². The third-order valence-electron chi connectivity index (χ3n) is 5.34. The Morgan fingerprint density at radius 2 is 1.94 bits per heavy atom. The third kappa shape index (κ3) is 4.45. The number of anilines is 1. The van der Waals surface area contributed by atoms with Crippen molar-refractivity contribution in [1.29, 1.82) is 0 Å². The Bertz CT molecular complexity index is 1110. The van der Waals surface area contributed by atoms with Gasteiger partial charge in [-0.05, 0) is 25.5 Å². The van der Waals surface area contributed by atoms with Crippen molar-refractivity contribution in [2.24, 2.45) is 0 Å². The van der Waals surface area contributed by atoms with Gasteiger partial charge in [0.05, 0.1) is 18.8 Å². The first kappa shape index (κ1) is 20.7. The SMILES string of the molecule is CCOc1ccccc1CNC(=O)CN1C(=O)CCn2nc(-c3ccccc3C)cc21. The molecular formula is C24H26N4O3. The van der Waals surface area contributed by atoms with E-state index in [0.29, 0.717) is 31.9 Å². The second-order valence-corrected chi connectivity index (χ2v) is 7.47. The molecule has 4 rings (SSSR count). The molecule has 1 aromatic heterocycles. The monoisotopic (exact) mass is 418 g/mol. The molecule has 2 aromatic carbocycles. The number of aromatic nitrogens is 2. The van der Waals surface area contributed by atoms with Crippen LogP contribution >= 0.6 is 0 Å². The number of hydrogen-bond acceptors (Lipinski definition) is 4. The molecule has 0 radical (unpaired) electrons. The third-order valence-corrected chi connectivity index (χ3v) is 5.34. The van der Waals surface area contributed by atoms with Gasteiger partial charge in [-0.25, -0.2) is 4.68 Å². The molecule has 7 heteroatoms. The van der Waals surface area contributed by atoms with E-state index in [4.69, 9.17) is 4.74 Å². The van der Waals surface area contributed by atoms with Crippen molar-refractivity contribution in [2.75, 3.05) is 18.1 Å². The van der Waals surface area contributed by atoms with Gasteiger partial charge in [0, 0.05) is 30.2 Å². The zero-order valence-electron chi connectivity index (χ0n) is 17.8. The number of amides is 2. The minimum Gasteiger partial charge on any atom is -0.494 e. The highest BCUT2D eigenvalue weighted by atomic mass is 16.5. The fourth-order valence-electron chi connectivity index (χ4n) is 3.75. The van der Waals surface area contributed by atoms with Crippen molar-refractivity contribution in [1.82, 2.24) is 15.1 Å². The second-order valence-electron chi connectivity index (χ2n) is 7.47. The van der Waals surface area contributed by atoms with Crippen LogP contribution < -0.4 is 15.0 Å². The molecule has 3 aromatic rings. The number of rotatable bonds is 7. The predicted molar refractivity (Wildman–Crippen MR) is 119 cm³/mol. The zero-order chi connectivity index (χ0) is 21.8. The van der Waals surface area contributed by atoms with E-state index >= 15 is 0 Å². The van der Waals surface area contributed by atoms with Gasteiger partial charge in [0.25, 0.3) is 0 Å². The van der Waals surface area contributed by atoms with Crippen LogP contribution in [0.5, 0.6) is 5.75 Å². The molecule has 0 saturated carbocycles. The highest BCUT2D eigenvalue weighted by Crippen LogP contribution is 2.29. The first-order valence-electron chi connectivity index (χ1n) is 10.5. The van der Waals surface area contributed by atoms with E-state index in [1.165, 1.54) is 4.90 Å². The van der Waals surface area contributed by atoms with Crippen LogP contribution in [0.25, 0.3) is 11.3 Å². The van der Waals surface area contributed by atoms with Gasteiger partial charge < -0.3 is 10.1 Å². The molecule has 0 saturated heterocycles. The zero-order valence-corrected chi connectivity index (χ0v) is 17.8. The minimum absolute atomic E-state index is 0.0471. The molecule has 1 aliphatic heterocycles. The summed E-state index contributed by atoms with van der Waals surface area (Å²) in [5.74, 6) is 1.10. The van der Waals surface area contributed by atoms with Crippen LogP contribution in [0.1, 0.15) is 24.5 Å². The Labute approximate surface area is 181 Å². The maximum atomic E-state index is 12.7. The summed E-state index contributed by atoms with van der Waals surface area (Å²) >= 11 is 0. The van der Waals surface area contributed by atoms with Crippen LogP contribution in [0.2, 0.25) is 0 Å². The number of carbonyl (C=O) groups excluding carboxylic acids is 2. The number of hydrogen-bond donors (Lipinski definition) is 1. The van der Waals surface area contributed by atoms with E-state index in [-0.39, 0.29) is 18.4 Å². The van der Waals surface area contributed by atoms with Crippen LogP contribution in [0.15, 0.2) is 54.6 Å². The normalized spacial score (nSPS) is 13.1. The van der Waals surface area contributed by atoms with Crippen LogP contribution in [-0.4, -0.2) is 34.7 Å². The molecule has 1 aliphatic rings. The Morgan fingerprint density at radius 3 is 2.74 bits per heavy atom. The highest BCUT2D eigenvalue weighted by Gasteiger charge is 2.28. The number of para-hydroxylation sites is 1. The highest BCUT2D eigenvalue weighted by molar-refractivity contribution is 5.99. The Kier molecular flexibility index (Phi) is 6.02. The lowest BCUT2D eigenvalue weighted by Crippen LogP contribution is -2.44. The number of ether oxygens (including phenoxy) is 1. The lowest BCUT2D eigenvalue weighted by molar-refractivity contribution is -0.124. The van der Waals surface area contributed by atoms with Crippen molar-refractivity contribution in [3.05, 3.63) is 65.7 Å². The number of nitrogens with zero attached hydrogens (tertiary/aromatic N) is 3. The van der Waals surface area contributed by atoms with E-state index < -0.39 is 0 Å². The van der Waals surface area contributed by atoms with Crippen molar-refractivity contribution >= 4 is 17.6 Å². The lowest BCUT2D eigenvalue weighted by Gasteiger charge is -2.26. The first-order chi connectivity index (χ1) is 15.1. The van der Waals surface area contributed by atoms with Crippen molar-refractivity contribution < 1.29 is 14.3 Å². The molecule has 0 fully saturated rings. The Morgan fingerprint density at radius 1 is 1.16 bits per heavy atom. The van der Waals surface area contributed by atoms with Gasteiger partial charge in [0.1, 0.15) is 18.1 Å². The molecular weight excluding hydrogens is 392 g/mol. The molecule has 31 heavy (non-hydrogen) atoms. The second kappa shape index (κ2) is 9.04. The smallest absolute Gasteiger partial charge is 0.240 e. The average Bonchev–Trinajstić information content (AvgIpc) is 3.20. The Hall–Kier alpha value is -3.61. The number of benzene rings is 2. The van der Waals surface area contributed by atoms with E-state index in [1.54, 1.807) is 4.68 Å². The van der Waals surface area contributed by atoms with Crippen LogP contribution in [0.4, 0.5) is 5.82 Å². The summed E-state index contributed by atoms with van der Waals surface area (Å²) in [4.78, 5) is 26.8. The maximum absolute atomic E-state index is 12.7. The topological polar surface area (TPSA) is 76.5 Å². The summed E-state index contributed by atoms with van der Waals surface area (Å²) in [5.41, 5.74) is 3.84. The summed E-state index contributed by atoms with van der Waals surface area (Å²) in [5, 5.41) is 7.58. The van der Waals surface area contributed by atoms with E-state index in [9.17, 15) is 9.59 Å². The van der Waals surface area contributed by atoms with Crippen LogP contribution in [-0.2, 0) is 22.7 Å². The van der Waals surface area contributed by atoms with E-state index in [0.717, 1.165) is 28.1 Å². The number of carbonyl (C=O) groups is 2. The summed E-state index contributed by atoms with van der Waals surface area (Å²) < 4.78 is 7.42. The van der Waals surface area contributed by atoms with Gasteiger partial charge in [0.15, 0.2) is 0 Å². The standard InChI is InChI=1S/C24H26N4O3/c1-3-31-21-11-7-5-9-18(21)15-25-22(29)16-27-23-14-20(19-10-6-4-8-17(19)2)26-28(23)13-12-24(27)30/h4-11,14H,3,12-13,15-16H2,1-2H3,(H,25,29). The molecule has 1 N–H and O–H groups in total. The summed E-state index contributed by atoms with van der Waals surface area (Å²) in [6.45, 7) is 5.31. The van der Waals surface area contributed by atoms with Gasteiger partial charge in [-0.1, -0.05) is 42.5 Å². The first-order valence-corrected chi connectivity index (χ1v) is 10.5. The molecule has 0 spiro atoms. The van der Waals surface area contributed by atoms with Gasteiger partial charge in [-0.2, -0.15) is 5.10 Å². The van der Waals surface area contributed by atoms with Crippen molar-refractivity contribution in [2.45, 2.75) is 33.4 Å². The van der Waals surface area contributed by atoms with Gasteiger partial charge in [-0.3, -0.25) is 14.5 Å². The molecule has 7 nitrogen and oxygen atoms in total. The van der Waals surface area contributed by atoms with E-state index in [2.05, 4.69) is 10.4 Å². The number of nitrogens with one attached hydrogen (secondary N) is 1. The average molecular weight is 418 g/mol. The molecule has 160 valence electrons. The summed E-state index contributed by atoms with van der Waals surface area (Å²) in [6, 6.07) is 17.5. The van der Waals surface area contributed by atoms with Gasteiger partial charge >= 0.3 is 0 Å². The quantitative estimate of drug-likeness (QED) is 0.639. The van der Waals surface area contributed by atoms with E-state index in [1.807, 2.05) is 68.4 Å². The minimum atomic E-state index is -0.230. The molecule has 0 aliphatic carbocycles. The Balaban J connectivity index is 1.49. The molecule has 0 atom stereocenters. The van der Waals surface area contributed by atoms with Gasteiger partial charge in [0.2, 0.25) is 11.8 Å². The van der Waals surface area contributed by atoms with Crippen LogP contribution in [0.3, 0.4) is 0 Å². The molecule has 2 heterocycles. The molecule has 0 bridgehead atoms. The molecule has 2 amide bonds. The fraction of sp³-hybridized carbons (Fsp3) is 0.292.